The van der Waals surface area contributed by atoms with E-state index >= 15 is 0 Å². The SMILES string of the molecule is CN(C)CC(=O)c1ccc(NC(=O)CSc2ccccn2)cc1. The van der Waals surface area contributed by atoms with E-state index in [-0.39, 0.29) is 11.7 Å². The highest BCUT2D eigenvalue weighted by Gasteiger charge is 2.08. The zero-order chi connectivity index (χ0) is 16.7. The molecule has 0 fully saturated rings. The number of thioether (sulfide) groups is 1. The van der Waals surface area contributed by atoms with E-state index in [9.17, 15) is 9.59 Å². The molecule has 1 heterocycles. The van der Waals surface area contributed by atoms with Crippen LogP contribution in [0.3, 0.4) is 0 Å². The zero-order valence-corrected chi connectivity index (χ0v) is 14.0. The number of Topliss-reactive ketones (excluding diaryl/α,β-unsaturated/α-hetero) is 1. The van der Waals surface area contributed by atoms with Gasteiger partial charge in [-0.05, 0) is 50.5 Å². The second-order valence-electron chi connectivity index (χ2n) is 5.24. The molecule has 0 saturated heterocycles. The van der Waals surface area contributed by atoms with Crippen LogP contribution < -0.4 is 5.32 Å². The van der Waals surface area contributed by atoms with Crippen molar-refractivity contribution in [1.29, 1.82) is 0 Å². The Morgan fingerprint density at radius 2 is 1.87 bits per heavy atom. The van der Waals surface area contributed by atoms with E-state index in [0.29, 0.717) is 23.5 Å². The third-order valence-electron chi connectivity index (χ3n) is 2.94. The molecule has 5 nitrogen and oxygen atoms in total. The Bertz CT molecular complexity index is 657. The molecule has 2 rings (SSSR count). The van der Waals surface area contributed by atoms with Gasteiger partial charge in [0, 0.05) is 17.4 Å². The standard InChI is InChI=1S/C17H19N3O2S/c1-20(2)11-15(21)13-6-8-14(9-7-13)19-16(22)12-23-17-5-3-4-10-18-17/h3-10H,11-12H2,1-2H3,(H,19,22). The molecule has 0 aliphatic carbocycles. The summed E-state index contributed by atoms with van der Waals surface area (Å²) in [6.07, 6.45) is 1.70. The lowest BCUT2D eigenvalue weighted by Gasteiger charge is -2.09. The Morgan fingerprint density at radius 1 is 1.13 bits per heavy atom. The van der Waals surface area contributed by atoms with Crippen LogP contribution in [-0.2, 0) is 4.79 Å². The minimum atomic E-state index is -0.104. The number of amides is 1. The molecule has 23 heavy (non-hydrogen) atoms. The third kappa shape index (κ3) is 5.84. The predicted octanol–water partition coefficient (Wildman–Crippen LogP) is 2.56. The van der Waals surface area contributed by atoms with Gasteiger partial charge in [0.1, 0.15) is 0 Å². The van der Waals surface area contributed by atoms with Crippen molar-refractivity contribution < 1.29 is 9.59 Å². The van der Waals surface area contributed by atoms with Crippen LogP contribution in [0.25, 0.3) is 0 Å². The first kappa shape index (κ1) is 17.2. The summed E-state index contributed by atoms with van der Waals surface area (Å²) in [5.41, 5.74) is 1.32. The summed E-state index contributed by atoms with van der Waals surface area (Å²) in [6, 6.07) is 12.5. The quantitative estimate of drug-likeness (QED) is 0.625. The topological polar surface area (TPSA) is 62.3 Å². The van der Waals surface area contributed by atoms with Gasteiger partial charge in [0.15, 0.2) is 5.78 Å². The van der Waals surface area contributed by atoms with Gasteiger partial charge in [-0.1, -0.05) is 17.8 Å². The zero-order valence-electron chi connectivity index (χ0n) is 13.2. The van der Waals surface area contributed by atoms with Crippen molar-refractivity contribution in [3.05, 3.63) is 54.2 Å². The molecule has 120 valence electrons. The molecule has 1 aromatic carbocycles. The normalized spacial score (nSPS) is 10.6. The maximum absolute atomic E-state index is 11.9. The number of nitrogens with zero attached hydrogens (tertiary/aromatic N) is 2. The summed E-state index contributed by atoms with van der Waals surface area (Å²) in [5.74, 6) is 0.241. The van der Waals surface area contributed by atoms with Gasteiger partial charge >= 0.3 is 0 Å². The lowest BCUT2D eigenvalue weighted by molar-refractivity contribution is -0.113. The number of pyridine rings is 1. The van der Waals surface area contributed by atoms with Crippen LogP contribution in [0.1, 0.15) is 10.4 Å². The Morgan fingerprint density at radius 3 is 2.48 bits per heavy atom. The van der Waals surface area contributed by atoms with Crippen molar-refractivity contribution in [2.45, 2.75) is 5.03 Å². The van der Waals surface area contributed by atoms with Gasteiger partial charge in [-0.3, -0.25) is 9.59 Å². The molecular formula is C17H19N3O2S. The van der Waals surface area contributed by atoms with E-state index in [1.807, 2.05) is 37.2 Å². The lowest BCUT2D eigenvalue weighted by atomic mass is 10.1. The van der Waals surface area contributed by atoms with Gasteiger partial charge in [-0.25, -0.2) is 4.98 Å². The molecular weight excluding hydrogens is 310 g/mol. The van der Waals surface area contributed by atoms with E-state index in [2.05, 4.69) is 10.3 Å². The average molecular weight is 329 g/mol. The van der Waals surface area contributed by atoms with Gasteiger partial charge in [-0.2, -0.15) is 0 Å². The first-order valence-electron chi connectivity index (χ1n) is 7.16. The van der Waals surface area contributed by atoms with Crippen LogP contribution in [0.2, 0.25) is 0 Å². The molecule has 1 N–H and O–H groups in total. The van der Waals surface area contributed by atoms with Crippen LogP contribution in [0.5, 0.6) is 0 Å². The Hall–Kier alpha value is -2.18. The molecule has 0 saturated carbocycles. The van der Waals surface area contributed by atoms with Gasteiger partial charge < -0.3 is 10.2 Å². The van der Waals surface area contributed by atoms with Crippen molar-refractivity contribution in [2.75, 3.05) is 31.7 Å². The number of nitrogens with one attached hydrogen (secondary N) is 1. The van der Waals surface area contributed by atoms with E-state index in [4.69, 9.17) is 0 Å². The van der Waals surface area contributed by atoms with Gasteiger partial charge in [-0.15, -0.1) is 0 Å². The summed E-state index contributed by atoms with van der Waals surface area (Å²) >= 11 is 1.38. The van der Waals surface area contributed by atoms with Crippen LogP contribution in [-0.4, -0.2) is 48.0 Å². The van der Waals surface area contributed by atoms with Crippen molar-refractivity contribution in [1.82, 2.24) is 9.88 Å². The number of carbonyl (C=O) groups excluding carboxylic acids is 2. The number of carbonyl (C=O) groups is 2. The number of rotatable bonds is 7. The minimum Gasteiger partial charge on any atom is -0.325 e. The summed E-state index contributed by atoms with van der Waals surface area (Å²) in [6.45, 7) is 0.367. The molecule has 0 spiro atoms. The molecule has 0 unspecified atom stereocenters. The Kier molecular flexibility index (Phi) is 6.31. The van der Waals surface area contributed by atoms with Crippen molar-refractivity contribution in [2.24, 2.45) is 0 Å². The van der Waals surface area contributed by atoms with Crippen LogP contribution >= 0.6 is 11.8 Å². The fraction of sp³-hybridized carbons (Fsp3) is 0.235. The maximum atomic E-state index is 11.9. The molecule has 0 atom stereocenters. The smallest absolute Gasteiger partial charge is 0.234 e. The minimum absolute atomic E-state index is 0.0542. The lowest BCUT2D eigenvalue weighted by Crippen LogP contribution is -2.21. The Labute approximate surface area is 140 Å². The highest BCUT2D eigenvalue weighted by molar-refractivity contribution is 7.99. The molecule has 0 aliphatic heterocycles. The van der Waals surface area contributed by atoms with Crippen LogP contribution in [0, 0.1) is 0 Å². The summed E-state index contributed by atoms with van der Waals surface area (Å²) in [7, 11) is 3.71. The number of benzene rings is 1. The molecule has 6 heteroatoms. The van der Waals surface area contributed by atoms with E-state index in [1.54, 1.807) is 30.5 Å². The monoisotopic (exact) mass is 329 g/mol. The number of ketones is 1. The Balaban J connectivity index is 1.85. The average Bonchev–Trinajstić information content (AvgIpc) is 2.54. The molecule has 1 aromatic heterocycles. The third-order valence-corrected chi connectivity index (χ3v) is 3.88. The van der Waals surface area contributed by atoms with E-state index in [1.165, 1.54) is 11.8 Å². The largest absolute Gasteiger partial charge is 0.325 e. The number of anilines is 1. The van der Waals surface area contributed by atoms with Crippen molar-refractivity contribution >= 4 is 29.1 Å². The number of hydrogen-bond acceptors (Lipinski definition) is 5. The van der Waals surface area contributed by atoms with Crippen molar-refractivity contribution in [3.8, 4) is 0 Å². The van der Waals surface area contributed by atoms with Gasteiger partial charge in [0.2, 0.25) is 5.91 Å². The number of likely N-dealkylation sites (N-methyl/N-ethyl adjacent to an activating group) is 1. The van der Waals surface area contributed by atoms with Crippen LogP contribution in [0.4, 0.5) is 5.69 Å². The van der Waals surface area contributed by atoms with Gasteiger partial charge in [0.05, 0.1) is 17.3 Å². The highest BCUT2D eigenvalue weighted by Crippen LogP contribution is 2.15. The first-order chi connectivity index (χ1) is 11.0. The summed E-state index contributed by atoms with van der Waals surface area (Å²) < 4.78 is 0. The predicted molar refractivity (Wildman–Crippen MR) is 92.9 cm³/mol. The summed E-state index contributed by atoms with van der Waals surface area (Å²) in [4.78, 5) is 29.8. The second-order valence-corrected chi connectivity index (χ2v) is 6.24. The molecule has 1 amide bonds. The van der Waals surface area contributed by atoms with Crippen molar-refractivity contribution in [3.63, 3.8) is 0 Å². The van der Waals surface area contributed by atoms with Gasteiger partial charge in [0.25, 0.3) is 0 Å². The fourth-order valence-corrected chi connectivity index (χ4v) is 2.55. The molecule has 0 bridgehead atoms. The highest BCUT2D eigenvalue weighted by atomic mass is 32.2. The van der Waals surface area contributed by atoms with Crippen LogP contribution in [0.15, 0.2) is 53.7 Å². The fourth-order valence-electron chi connectivity index (χ4n) is 1.89. The summed E-state index contributed by atoms with van der Waals surface area (Å²) in [5, 5.41) is 3.62. The number of aromatic nitrogens is 1. The first-order valence-corrected chi connectivity index (χ1v) is 8.15. The maximum Gasteiger partial charge on any atom is 0.234 e. The second kappa shape index (κ2) is 8.45. The van der Waals surface area contributed by atoms with E-state index < -0.39 is 0 Å². The molecule has 2 aromatic rings. The molecule has 0 radical (unpaired) electrons. The van der Waals surface area contributed by atoms with E-state index in [0.717, 1.165) is 5.03 Å². The number of hydrogen-bond donors (Lipinski definition) is 1. The molecule has 0 aliphatic rings.